The van der Waals surface area contributed by atoms with Crippen LogP contribution in [0.15, 0.2) is 352 Å². The predicted molar refractivity (Wildman–Crippen MR) is 525 cm³/mol. The van der Waals surface area contributed by atoms with E-state index < -0.39 is 16.1 Å². The van der Waals surface area contributed by atoms with E-state index in [9.17, 15) is 0 Å². The second kappa shape index (κ2) is 29.6. The maximum absolute atomic E-state index is 3.23. The van der Waals surface area contributed by atoms with Crippen LogP contribution in [-0.2, 0) is 32.5 Å². The van der Waals surface area contributed by atoms with Crippen LogP contribution in [0.3, 0.4) is 0 Å². The van der Waals surface area contributed by atoms with Crippen molar-refractivity contribution >= 4 is 137 Å². The Balaban J connectivity index is 1.03. The molecule has 0 saturated heterocycles. The van der Waals surface area contributed by atoms with Crippen LogP contribution in [0.2, 0.25) is 0 Å². The van der Waals surface area contributed by atoms with Gasteiger partial charge in [-0.15, -0.1) is 0 Å². The summed E-state index contributed by atoms with van der Waals surface area (Å²) in [7, 11) is -6.37. The fourth-order valence-corrected chi connectivity index (χ4v) is 29.0. The summed E-state index contributed by atoms with van der Waals surface area (Å²) in [5.41, 5.74) is 26.1. The summed E-state index contributed by atoms with van der Waals surface area (Å²) in [6, 6.07) is 139. The maximum atomic E-state index is 2.73. The summed E-state index contributed by atoms with van der Waals surface area (Å²) in [6.07, 6.45) is 0. The van der Waals surface area contributed by atoms with Crippen molar-refractivity contribution in [3.8, 4) is 27.9 Å². The van der Waals surface area contributed by atoms with Crippen molar-refractivity contribution in [2.75, 3.05) is 9.80 Å². The molecule has 3 heterocycles. The number of rotatable bonds is 13. The van der Waals surface area contributed by atoms with Gasteiger partial charge in [-0.2, -0.15) is 0 Å². The van der Waals surface area contributed by atoms with Crippen molar-refractivity contribution in [2.45, 2.75) is 157 Å². The van der Waals surface area contributed by atoms with Crippen molar-refractivity contribution in [2.24, 2.45) is 0 Å². The molecule has 2 aliphatic heterocycles. The lowest BCUT2D eigenvalue weighted by atomic mass is 9.33. The molecule has 0 atom stereocenters. The molecule has 0 amide bonds. The van der Waals surface area contributed by atoms with E-state index in [0.717, 1.165) is 39.8 Å². The highest BCUT2D eigenvalue weighted by Crippen LogP contribution is 2.49. The van der Waals surface area contributed by atoms with Crippen molar-refractivity contribution in [1.29, 1.82) is 0 Å². The molecule has 0 fully saturated rings. The van der Waals surface area contributed by atoms with Crippen LogP contribution in [0.25, 0.3) is 49.7 Å². The third-order valence-electron chi connectivity index (χ3n) is 26.1. The highest BCUT2D eigenvalue weighted by atomic mass is 28.3. The molecule has 0 bridgehead atoms. The molecule has 16 aromatic rings. The Kier molecular flexibility index (Phi) is 19.5. The molecule has 0 N–H and O–H groups in total. The zero-order valence-corrected chi connectivity index (χ0v) is 75.4. The molecule has 18 rings (SSSR count). The minimum atomic E-state index is -3.23. The first-order valence-electron chi connectivity index (χ1n) is 43.3. The molecule has 0 radical (unpaired) electrons. The minimum Gasteiger partial charge on any atom is -0.311 e. The minimum absolute atomic E-state index is 0.102. The predicted octanol–water partition coefficient (Wildman–Crippen LogP) is 22.7. The average molecular weight is 1590 g/mol. The largest absolute Gasteiger partial charge is 0.311 e. The Morgan fingerprint density at radius 1 is 0.208 bits per heavy atom. The van der Waals surface area contributed by atoms with Crippen LogP contribution < -0.4 is 67.7 Å². The Morgan fingerprint density at radius 2 is 0.550 bits per heavy atom. The molecule has 15 aromatic carbocycles. The third-order valence-corrected chi connectivity index (χ3v) is 35.7. The zero-order valence-electron chi connectivity index (χ0n) is 73.4. The number of hydrogen-bond acceptors (Lipinski definition) is 2. The number of fused-ring (bicyclic) bond motifs is 7. The fraction of sp³-hybridized carbons (Fsp3) is 0.211. The van der Waals surface area contributed by atoms with Crippen molar-refractivity contribution in [3.63, 3.8) is 0 Å². The van der Waals surface area contributed by atoms with Gasteiger partial charge in [0.2, 0.25) is 0 Å². The summed E-state index contributed by atoms with van der Waals surface area (Å²) in [5.74, 6) is 0. The summed E-state index contributed by atoms with van der Waals surface area (Å²) < 4.78 is 2.63. The van der Waals surface area contributed by atoms with Crippen molar-refractivity contribution in [1.82, 2.24) is 4.57 Å². The van der Waals surface area contributed by atoms with Crippen molar-refractivity contribution < 1.29 is 0 Å². The lowest BCUT2D eigenvalue weighted by molar-refractivity contribution is 0.568. The van der Waals surface area contributed by atoms with Gasteiger partial charge in [-0.3, -0.25) is 0 Å². The lowest BCUT2D eigenvalue weighted by Gasteiger charge is -2.45. The number of anilines is 6. The maximum Gasteiger partial charge on any atom is 0.252 e. The highest BCUT2D eigenvalue weighted by Gasteiger charge is 2.49. The van der Waals surface area contributed by atoms with E-state index in [4.69, 9.17) is 0 Å². The molecule has 0 saturated carbocycles. The van der Waals surface area contributed by atoms with E-state index >= 15 is 0 Å². The van der Waals surface area contributed by atoms with Gasteiger partial charge in [-0.05, 0) is 219 Å². The molecule has 2 aliphatic rings. The van der Waals surface area contributed by atoms with Gasteiger partial charge in [0.1, 0.15) is 0 Å². The number of hydrogen-bond donors (Lipinski definition) is 0. The molecule has 0 unspecified atom stereocenters. The van der Waals surface area contributed by atoms with Crippen LogP contribution in [0.1, 0.15) is 158 Å². The van der Waals surface area contributed by atoms with Crippen molar-refractivity contribution in [3.05, 3.63) is 385 Å². The van der Waals surface area contributed by atoms with Gasteiger partial charge in [0, 0.05) is 44.9 Å². The van der Waals surface area contributed by atoms with Crippen LogP contribution in [-0.4, -0.2) is 27.4 Å². The lowest BCUT2D eigenvalue weighted by Crippen LogP contribution is -2.75. The van der Waals surface area contributed by atoms with Gasteiger partial charge < -0.3 is 14.4 Å². The summed E-state index contributed by atoms with van der Waals surface area (Å²) in [4.78, 5) is 5.43. The molecule has 1 aromatic heterocycles. The smallest absolute Gasteiger partial charge is 0.252 e. The molecule has 0 spiro atoms. The molecule has 594 valence electrons. The fourth-order valence-electron chi connectivity index (χ4n) is 19.5. The van der Waals surface area contributed by atoms with Crippen LogP contribution in [0.4, 0.5) is 34.1 Å². The van der Waals surface area contributed by atoms with Crippen LogP contribution in [0.5, 0.6) is 0 Å². The standard InChI is InChI=1S/C114H112BN3Si2/c1-109(2,3)81-56-61-102-98(71-81)99-72-82(110(4,5)6)57-62-103(99)118(102)89-74-106-108-107(75-89)117(87-40-37-39-77(67-87)79-63-83(111(7,8)9)69-84(64-79)112(10,11)12)105-76-97(120(93-48-31-22-32-49-93,94-50-33-23-34-51-94)95-52-35-24-36-53-95)58-59-100(105)115(108)101-68-78(80-65-85(113(13,14)15)70-86(66-80)114(16,17)18)55-60-104(101)116(106)88-41-38-54-96(73-88)119(90-42-25-19-26-43-90,91-44-27-20-28-45-91)92-46-29-21-30-47-92/h19-76H,1-18H3. The number of aromatic nitrogens is 1. The van der Waals surface area contributed by atoms with E-state index in [0.29, 0.717) is 0 Å². The second-order valence-corrected chi connectivity index (χ2v) is 47.9. The van der Waals surface area contributed by atoms with Crippen LogP contribution >= 0.6 is 0 Å². The van der Waals surface area contributed by atoms with E-state index in [1.165, 1.54) is 135 Å². The van der Waals surface area contributed by atoms with E-state index in [2.05, 4.69) is 491 Å². The Bertz CT molecular complexity index is 6250. The van der Waals surface area contributed by atoms with Gasteiger partial charge in [0.25, 0.3) is 6.71 Å². The topological polar surface area (TPSA) is 11.4 Å². The van der Waals surface area contributed by atoms with Gasteiger partial charge in [0.15, 0.2) is 16.1 Å². The van der Waals surface area contributed by atoms with Crippen LogP contribution in [0, 0.1) is 0 Å². The normalized spacial score (nSPS) is 13.4. The van der Waals surface area contributed by atoms with Gasteiger partial charge in [-0.1, -0.05) is 404 Å². The Labute approximate surface area is 716 Å². The number of benzene rings is 15. The molecule has 3 nitrogen and oxygen atoms in total. The van der Waals surface area contributed by atoms with E-state index in [-0.39, 0.29) is 39.2 Å². The van der Waals surface area contributed by atoms with E-state index in [1.807, 2.05) is 0 Å². The first kappa shape index (κ1) is 79.3. The monoisotopic (exact) mass is 1590 g/mol. The third kappa shape index (κ3) is 13.8. The molecular formula is C114H112BN3Si2. The zero-order chi connectivity index (χ0) is 83.8. The SMILES string of the molecule is CC(C)(C)c1cc(-c2cccc(N3c4cc([Si](c5ccccc5)(c5ccccc5)c5ccccc5)ccc4B4c5cc(-c6cc(C(C)(C)C)cc(C(C)(C)C)c6)ccc5N(c5cccc([Si](c6ccccc6)(c6ccccc6)c6ccccc6)c5)c5cc(-n6c7ccc(C(C)(C)C)cc7c7cc(C(C)(C)C)ccc76)cc3c54)c2)cc(C(C)(C)C)c1. The summed E-state index contributed by atoms with van der Waals surface area (Å²) in [6.45, 7) is 42.2. The Hall–Kier alpha value is -11.8. The highest BCUT2D eigenvalue weighted by molar-refractivity contribution is 7.20. The number of nitrogens with zero attached hydrogens (tertiary/aromatic N) is 3. The molecule has 6 heteroatoms. The van der Waals surface area contributed by atoms with Gasteiger partial charge in [0.05, 0.1) is 16.7 Å². The first-order chi connectivity index (χ1) is 57.3. The quantitative estimate of drug-likeness (QED) is 0.0842. The summed E-state index contributed by atoms with van der Waals surface area (Å²) >= 11 is 0. The molecular weight excluding hydrogens is 1480 g/mol. The molecule has 0 aliphatic carbocycles. The summed E-state index contributed by atoms with van der Waals surface area (Å²) in [5, 5.41) is 13.1. The average Bonchev–Trinajstić information content (AvgIpc) is 0.793. The van der Waals surface area contributed by atoms with E-state index in [1.54, 1.807) is 0 Å². The van der Waals surface area contributed by atoms with Gasteiger partial charge >= 0.3 is 0 Å². The Morgan fingerprint density at radius 3 is 0.933 bits per heavy atom. The molecule has 120 heavy (non-hydrogen) atoms. The van der Waals surface area contributed by atoms with Gasteiger partial charge in [-0.25, -0.2) is 0 Å². The second-order valence-electron chi connectivity index (χ2n) is 40.2. The first-order valence-corrected chi connectivity index (χ1v) is 47.3.